The molecule has 0 radical (unpaired) electrons. The summed E-state index contributed by atoms with van der Waals surface area (Å²) in [5, 5.41) is 8.01. The molecule has 3 nitrogen and oxygen atoms in total. The second kappa shape index (κ2) is 2.20. The number of hydrogen-bond donors (Lipinski definition) is 2. The van der Waals surface area contributed by atoms with Crippen molar-refractivity contribution in [1.29, 1.82) is 0 Å². The molecule has 4 heteroatoms. The van der Waals surface area contributed by atoms with Crippen LogP contribution in [-0.2, 0) is 4.76 Å². The van der Waals surface area contributed by atoms with E-state index < -0.39 is 7.12 Å². The van der Waals surface area contributed by atoms with Crippen molar-refractivity contribution >= 4 is 7.12 Å². The molecule has 0 aliphatic carbocycles. The van der Waals surface area contributed by atoms with Gasteiger partial charge in [0.25, 0.3) is 0 Å². The van der Waals surface area contributed by atoms with Gasteiger partial charge in [-0.3, -0.25) is 0 Å². The van der Waals surface area contributed by atoms with Crippen LogP contribution in [0.2, 0.25) is 6.82 Å². The van der Waals surface area contributed by atoms with E-state index >= 15 is 0 Å². The van der Waals surface area contributed by atoms with Crippen molar-refractivity contribution in [3.8, 4) is 0 Å². The third-order valence-corrected chi connectivity index (χ3v) is 0.197. The van der Waals surface area contributed by atoms with Crippen LogP contribution in [0, 0.1) is 0 Å². The smallest absolute Gasteiger partial charge is 0.426 e. The van der Waals surface area contributed by atoms with Crippen LogP contribution in [0.1, 0.15) is 0 Å². The maximum Gasteiger partial charge on any atom is 0.468 e. The number of nitrogens with two attached hydrogens (primary N) is 1. The molecule has 0 rings (SSSR count). The zero-order valence-corrected chi connectivity index (χ0v) is 3.01. The minimum atomic E-state index is -0.838. The van der Waals surface area contributed by atoms with Gasteiger partial charge in [-0.05, 0) is 6.82 Å². The average molecular weight is 74.9 g/mol. The summed E-state index contributed by atoms with van der Waals surface area (Å²) in [5.74, 6) is 4.42. The highest BCUT2D eigenvalue weighted by atomic mass is 16.6. The summed E-state index contributed by atoms with van der Waals surface area (Å²) in [7, 11) is -0.838. The van der Waals surface area contributed by atoms with Crippen LogP contribution in [-0.4, -0.2) is 12.1 Å². The van der Waals surface area contributed by atoms with E-state index in [0.29, 0.717) is 0 Å². The first-order valence-electron chi connectivity index (χ1n) is 1.31. The molecule has 0 atom stereocenters. The predicted octanol–water partition coefficient (Wildman–Crippen LogP) is -1.01. The third kappa shape index (κ3) is 3.94. The van der Waals surface area contributed by atoms with Crippen LogP contribution in [0.4, 0.5) is 0 Å². The highest BCUT2D eigenvalue weighted by Crippen LogP contribution is 1.62. The number of rotatable bonds is 1. The molecule has 0 aromatic rings. The Morgan fingerprint density at radius 1 is 2.00 bits per heavy atom. The van der Waals surface area contributed by atoms with E-state index in [1.54, 1.807) is 0 Å². The lowest BCUT2D eigenvalue weighted by Crippen LogP contribution is -2.16. The van der Waals surface area contributed by atoms with Gasteiger partial charge in [-0.1, -0.05) is 0 Å². The fourth-order valence-corrected chi connectivity index (χ4v) is 0. The monoisotopic (exact) mass is 75.0 g/mol. The van der Waals surface area contributed by atoms with Crippen molar-refractivity contribution in [2.45, 2.75) is 6.82 Å². The van der Waals surface area contributed by atoms with Crippen molar-refractivity contribution in [2.75, 3.05) is 0 Å². The fourth-order valence-electron chi connectivity index (χ4n) is 0. The van der Waals surface area contributed by atoms with E-state index in [9.17, 15) is 0 Å². The summed E-state index contributed by atoms with van der Waals surface area (Å²) in [5.41, 5.74) is 0. The van der Waals surface area contributed by atoms with Gasteiger partial charge in [-0.2, -0.15) is 0 Å². The topological polar surface area (TPSA) is 55.5 Å². The van der Waals surface area contributed by atoms with Crippen LogP contribution in [0.15, 0.2) is 0 Å². The van der Waals surface area contributed by atoms with Gasteiger partial charge >= 0.3 is 7.12 Å². The molecule has 0 fully saturated rings. The van der Waals surface area contributed by atoms with Crippen molar-refractivity contribution in [1.82, 2.24) is 0 Å². The van der Waals surface area contributed by atoms with Gasteiger partial charge in [0, 0.05) is 0 Å². The van der Waals surface area contributed by atoms with Crippen LogP contribution in [0.25, 0.3) is 0 Å². The maximum absolute atomic E-state index is 8.01. The molecule has 0 aliphatic heterocycles. The summed E-state index contributed by atoms with van der Waals surface area (Å²) in [4.78, 5) is 0. The molecule has 0 amide bonds. The van der Waals surface area contributed by atoms with Crippen molar-refractivity contribution in [3.63, 3.8) is 0 Å². The number of hydrogen-bond acceptors (Lipinski definition) is 3. The van der Waals surface area contributed by atoms with Crippen molar-refractivity contribution in [2.24, 2.45) is 5.90 Å². The van der Waals surface area contributed by atoms with E-state index in [2.05, 4.69) is 10.7 Å². The molecule has 0 saturated carbocycles. The van der Waals surface area contributed by atoms with Crippen LogP contribution >= 0.6 is 0 Å². The summed E-state index contributed by atoms with van der Waals surface area (Å²) >= 11 is 0. The Morgan fingerprint density at radius 2 is 2.20 bits per heavy atom. The second-order valence-electron chi connectivity index (χ2n) is 0.735. The predicted molar refractivity (Wildman–Crippen MR) is 19.1 cm³/mol. The lowest BCUT2D eigenvalue weighted by molar-refractivity contribution is 0.275. The summed E-state index contributed by atoms with van der Waals surface area (Å²) in [6.45, 7) is 1.43. The highest BCUT2D eigenvalue weighted by Gasteiger charge is 1.95. The van der Waals surface area contributed by atoms with Gasteiger partial charge in [0.15, 0.2) is 0 Å². The van der Waals surface area contributed by atoms with Gasteiger partial charge < -0.3 is 9.78 Å². The van der Waals surface area contributed by atoms with Crippen molar-refractivity contribution < 1.29 is 9.78 Å². The Balaban J connectivity index is 2.54. The van der Waals surface area contributed by atoms with Gasteiger partial charge in [-0.25, -0.2) is 5.90 Å². The first-order valence-corrected chi connectivity index (χ1v) is 1.31. The van der Waals surface area contributed by atoms with Gasteiger partial charge in [-0.15, -0.1) is 0 Å². The van der Waals surface area contributed by atoms with Crippen molar-refractivity contribution in [3.05, 3.63) is 0 Å². The molecular formula is CH6BNO2. The highest BCUT2D eigenvalue weighted by molar-refractivity contribution is 6.40. The first-order chi connectivity index (χ1) is 2.27. The average Bonchev–Trinajstić information content (AvgIpc) is 1.38. The Hall–Kier alpha value is -0.0551. The van der Waals surface area contributed by atoms with Gasteiger partial charge in [0.05, 0.1) is 0 Å². The quantitative estimate of drug-likeness (QED) is 0.310. The zero-order chi connectivity index (χ0) is 4.28. The molecule has 0 aromatic carbocycles. The SMILES string of the molecule is CB(O)ON. The Kier molecular flexibility index (Phi) is 2.17. The molecule has 30 valence electrons. The standard InChI is InChI=1S/CH6BNO2/c1-2(4)5-3/h4H,3H2,1H3. The molecule has 0 heterocycles. The summed E-state index contributed by atoms with van der Waals surface area (Å²) in [6.07, 6.45) is 0. The molecule has 0 aliphatic rings. The van der Waals surface area contributed by atoms with E-state index in [-0.39, 0.29) is 0 Å². The van der Waals surface area contributed by atoms with Crippen LogP contribution in [0.5, 0.6) is 0 Å². The minimum Gasteiger partial charge on any atom is -0.426 e. The largest absolute Gasteiger partial charge is 0.468 e. The molecule has 0 aromatic heterocycles. The molecule has 0 unspecified atom stereocenters. The van der Waals surface area contributed by atoms with E-state index in [1.165, 1.54) is 6.82 Å². The molecular weight excluding hydrogens is 68.8 g/mol. The van der Waals surface area contributed by atoms with E-state index in [0.717, 1.165) is 0 Å². The third-order valence-electron chi connectivity index (χ3n) is 0.197. The van der Waals surface area contributed by atoms with E-state index in [1.807, 2.05) is 0 Å². The lowest BCUT2D eigenvalue weighted by Gasteiger charge is -1.86. The fraction of sp³-hybridized carbons (Fsp3) is 1.00. The molecule has 5 heavy (non-hydrogen) atoms. The zero-order valence-electron chi connectivity index (χ0n) is 3.01. The maximum atomic E-state index is 8.01. The van der Waals surface area contributed by atoms with Crippen LogP contribution < -0.4 is 5.90 Å². The lowest BCUT2D eigenvalue weighted by atomic mass is 9.98. The summed E-state index contributed by atoms with van der Waals surface area (Å²) in [6, 6.07) is 0. The molecule has 0 spiro atoms. The first kappa shape index (κ1) is 4.94. The Bertz CT molecular complexity index is 23.6. The van der Waals surface area contributed by atoms with Gasteiger partial charge in [0.2, 0.25) is 0 Å². The second-order valence-corrected chi connectivity index (χ2v) is 0.735. The minimum absolute atomic E-state index is 0.838. The Labute approximate surface area is 30.8 Å². The molecule has 0 saturated heterocycles. The Morgan fingerprint density at radius 3 is 2.20 bits per heavy atom. The summed E-state index contributed by atoms with van der Waals surface area (Å²) < 4.78 is 3.81. The normalized spacial score (nSPS) is 7.80. The molecule has 3 N–H and O–H groups in total. The van der Waals surface area contributed by atoms with E-state index in [4.69, 9.17) is 5.02 Å². The van der Waals surface area contributed by atoms with Crippen LogP contribution in [0.3, 0.4) is 0 Å². The molecule has 0 bridgehead atoms. The van der Waals surface area contributed by atoms with Gasteiger partial charge in [0.1, 0.15) is 0 Å².